The van der Waals surface area contributed by atoms with Crippen molar-refractivity contribution in [2.45, 2.75) is 18.9 Å². The monoisotopic (exact) mass is 325 g/mol. The van der Waals surface area contributed by atoms with Crippen molar-refractivity contribution in [1.29, 1.82) is 0 Å². The zero-order chi connectivity index (χ0) is 13.8. The molecule has 0 saturated heterocycles. The first-order valence-electron chi connectivity index (χ1n) is 5.98. The molecule has 0 aliphatic heterocycles. The van der Waals surface area contributed by atoms with Gasteiger partial charge in [-0.1, -0.05) is 18.2 Å². The van der Waals surface area contributed by atoms with Crippen molar-refractivity contribution >= 4 is 15.9 Å². The Kier molecular flexibility index (Phi) is 4.66. The topological polar surface area (TPSA) is 26.0 Å². The molecule has 1 nitrogen and oxygen atoms in total. The summed E-state index contributed by atoms with van der Waals surface area (Å²) in [5.74, 6) is -0.532. The molecule has 0 saturated carbocycles. The summed E-state index contributed by atoms with van der Waals surface area (Å²) < 4.78 is 26.3. The minimum atomic E-state index is -0.282. The second-order valence-corrected chi connectivity index (χ2v) is 5.40. The van der Waals surface area contributed by atoms with Gasteiger partial charge < -0.3 is 5.73 Å². The molecule has 0 amide bonds. The van der Waals surface area contributed by atoms with Crippen molar-refractivity contribution in [2.24, 2.45) is 5.73 Å². The van der Waals surface area contributed by atoms with E-state index in [0.29, 0.717) is 17.3 Å². The van der Waals surface area contributed by atoms with Crippen molar-refractivity contribution in [2.75, 3.05) is 0 Å². The van der Waals surface area contributed by atoms with Crippen LogP contribution >= 0.6 is 15.9 Å². The van der Waals surface area contributed by atoms with Gasteiger partial charge in [0, 0.05) is 6.04 Å². The van der Waals surface area contributed by atoms with Gasteiger partial charge in [-0.25, -0.2) is 8.78 Å². The van der Waals surface area contributed by atoms with Crippen LogP contribution in [-0.4, -0.2) is 6.04 Å². The zero-order valence-electron chi connectivity index (χ0n) is 10.2. The van der Waals surface area contributed by atoms with Crippen molar-refractivity contribution < 1.29 is 8.78 Å². The first-order valence-corrected chi connectivity index (χ1v) is 6.78. The van der Waals surface area contributed by atoms with Crippen LogP contribution in [0, 0.1) is 11.6 Å². The fourth-order valence-corrected chi connectivity index (χ4v) is 2.39. The smallest absolute Gasteiger partial charge is 0.137 e. The molecule has 2 aromatic carbocycles. The van der Waals surface area contributed by atoms with Crippen LogP contribution < -0.4 is 5.73 Å². The molecule has 2 N–H and O–H groups in total. The van der Waals surface area contributed by atoms with Crippen molar-refractivity contribution in [3.8, 4) is 0 Å². The van der Waals surface area contributed by atoms with E-state index in [4.69, 9.17) is 5.73 Å². The Balaban J connectivity index is 1.98. The molecule has 0 aliphatic rings. The lowest BCUT2D eigenvalue weighted by molar-refractivity contribution is 0.616. The predicted molar refractivity (Wildman–Crippen MR) is 75.9 cm³/mol. The Morgan fingerprint density at radius 3 is 2.16 bits per heavy atom. The lowest BCUT2D eigenvalue weighted by atomic mass is 10.00. The highest BCUT2D eigenvalue weighted by Gasteiger charge is 2.07. The van der Waals surface area contributed by atoms with E-state index in [0.717, 1.165) is 11.1 Å². The SMILES string of the molecule is NC(Cc1ccc(F)cc1)Cc1ccc(F)c(Br)c1. The van der Waals surface area contributed by atoms with Gasteiger partial charge in [-0.2, -0.15) is 0 Å². The van der Waals surface area contributed by atoms with Crippen LogP contribution in [-0.2, 0) is 12.8 Å². The fraction of sp³-hybridized carbons (Fsp3) is 0.200. The molecule has 1 unspecified atom stereocenters. The van der Waals surface area contributed by atoms with Gasteiger partial charge in [0.05, 0.1) is 4.47 Å². The van der Waals surface area contributed by atoms with Gasteiger partial charge in [-0.15, -0.1) is 0 Å². The number of rotatable bonds is 4. The van der Waals surface area contributed by atoms with E-state index >= 15 is 0 Å². The minimum absolute atomic E-state index is 0.0807. The maximum absolute atomic E-state index is 13.1. The summed E-state index contributed by atoms with van der Waals surface area (Å²) in [6.45, 7) is 0. The van der Waals surface area contributed by atoms with Gasteiger partial charge >= 0.3 is 0 Å². The highest BCUT2D eigenvalue weighted by Crippen LogP contribution is 2.18. The largest absolute Gasteiger partial charge is 0.327 e. The maximum atomic E-state index is 13.1. The number of benzene rings is 2. The van der Waals surface area contributed by atoms with Gasteiger partial charge in [-0.05, 0) is 64.2 Å². The van der Waals surface area contributed by atoms with Crippen molar-refractivity contribution in [3.63, 3.8) is 0 Å². The summed E-state index contributed by atoms with van der Waals surface area (Å²) in [5.41, 5.74) is 8.03. The van der Waals surface area contributed by atoms with Gasteiger partial charge in [0.15, 0.2) is 0 Å². The van der Waals surface area contributed by atoms with Gasteiger partial charge in [0.1, 0.15) is 11.6 Å². The Morgan fingerprint density at radius 2 is 1.53 bits per heavy atom. The summed E-state index contributed by atoms with van der Waals surface area (Å²) in [6, 6.07) is 11.1. The van der Waals surface area contributed by atoms with Crippen LogP contribution in [0.3, 0.4) is 0 Å². The number of hydrogen-bond donors (Lipinski definition) is 1. The number of nitrogens with two attached hydrogens (primary N) is 1. The first kappa shape index (κ1) is 14.2. The quantitative estimate of drug-likeness (QED) is 0.908. The van der Waals surface area contributed by atoms with Crippen LogP contribution in [0.5, 0.6) is 0 Å². The summed E-state index contributed by atoms with van der Waals surface area (Å²) >= 11 is 3.15. The highest BCUT2D eigenvalue weighted by atomic mass is 79.9. The van der Waals surface area contributed by atoms with E-state index in [-0.39, 0.29) is 17.7 Å². The summed E-state index contributed by atoms with van der Waals surface area (Å²) in [5, 5.41) is 0. The molecular formula is C15H14BrF2N. The Bertz CT molecular complexity index is 555. The molecule has 0 aliphatic carbocycles. The number of hydrogen-bond acceptors (Lipinski definition) is 1. The van der Waals surface area contributed by atoms with Crippen LogP contribution in [0.4, 0.5) is 8.78 Å². The second kappa shape index (κ2) is 6.26. The molecular weight excluding hydrogens is 312 g/mol. The molecule has 0 bridgehead atoms. The first-order chi connectivity index (χ1) is 9.04. The van der Waals surface area contributed by atoms with Crippen LogP contribution in [0.2, 0.25) is 0 Å². The molecule has 4 heteroatoms. The third kappa shape index (κ3) is 4.11. The Labute approximate surface area is 119 Å². The van der Waals surface area contributed by atoms with Gasteiger partial charge in [0.25, 0.3) is 0 Å². The van der Waals surface area contributed by atoms with E-state index in [2.05, 4.69) is 15.9 Å². The molecule has 0 aromatic heterocycles. The molecule has 0 fully saturated rings. The molecule has 0 heterocycles. The molecule has 0 spiro atoms. The average molecular weight is 326 g/mol. The van der Waals surface area contributed by atoms with Crippen molar-refractivity contribution in [1.82, 2.24) is 0 Å². The Morgan fingerprint density at radius 1 is 0.947 bits per heavy atom. The van der Waals surface area contributed by atoms with Gasteiger partial charge in [-0.3, -0.25) is 0 Å². The molecule has 100 valence electrons. The highest BCUT2D eigenvalue weighted by molar-refractivity contribution is 9.10. The molecule has 2 rings (SSSR count). The molecule has 0 radical (unpaired) electrons. The molecule has 2 aromatic rings. The minimum Gasteiger partial charge on any atom is -0.327 e. The van der Waals surface area contributed by atoms with Crippen molar-refractivity contribution in [3.05, 3.63) is 69.7 Å². The van der Waals surface area contributed by atoms with Crippen LogP contribution in [0.15, 0.2) is 46.9 Å². The molecule has 1 atom stereocenters. The van der Waals surface area contributed by atoms with E-state index in [1.807, 2.05) is 0 Å². The third-order valence-corrected chi connectivity index (χ3v) is 3.50. The normalized spacial score (nSPS) is 12.4. The predicted octanol–water partition coefficient (Wildman–Crippen LogP) is 3.84. The van der Waals surface area contributed by atoms with E-state index in [9.17, 15) is 8.78 Å². The summed E-state index contributed by atoms with van der Waals surface area (Å²) in [6.07, 6.45) is 1.31. The van der Waals surface area contributed by atoms with E-state index in [1.165, 1.54) is 18.2 Å². The zero-order valence-corrected chi connectivity index (χ0v) is 11.8. The standard InChI is InChI=1S/C15H14BrF2N/c16-14-9-11(3-6-15(14)18)8-13(19)7-10-1-4-12(17)5-2-10/h1-6,9,13H,7-8,19H2. The Hall–Kier alpha value is -1.26. The second-order valence-electron chi connectivity index (χ2n) is 4.54. The van der Waals surface area contributed by atoms with Crippen LogP contribution in [0.1, 0.15) is 11.1 Å². The van der Waals surface area contributed by atoms with E-state index < -0.39 is 0 Å². The van der Waals surface area contributed by atoms with Gasteiger partial charge in [0.2, 0.25) is 0 Å². The fourth-order valence-electron chi connectivity index (χ4n) is 1.96. The van der Waals surface area contributed by atoms with E-state index in [1.54, 1.807) is 24.3 Å². The maximum Gasteiger partial charge on any atom is 0.137 e. The average Bonchev–Trinajstić information content (AvgIpc) is 2.37. The summed E-state index contributed by atoms with van der Waals surface area (Å²) in [4.78, 5) is 0. The lowest BCUT2D eigenvalue weighted by Crippen LogP contribution is -2.25. The third-order valence-electron chi connectivity index (χ3n) is 2.89. The summed E-state index contributed by atoms with van der Waals surface area (Å²) in [7, 11) is 0. The van der Waals surface area contributed by atoms with Crippen LogP contribution in [0.25, 0.3) is 0 Å². The lowest BCUT2D eigenvalue weighted by Gasteiger charge is -2.12. The molecule has 19 heavy (non-hydrogen) atoms. The number of halogens is 3.